The Morgan fingerprint density at radius 1 is 1.17 bits per heavy atom. The summed E-state index contributed by atoms with van der Waals surface area (Å²) >= 11 is 0. The number of benzene rings is 2. The van der Waals surface area contributed by atoms with Crippen molar-refractivity contribution in [1.82, 2.24) is 0 Å². The van der Waals surface area contributed by atoms with Gasteiger partial charge in [-0.1, -0.05) is 0 Å². The highest BCUT2D eigenvalue weighted by molar-refractivity contribution is 5.85. The molecule has 0 saturated heterocycles. The maximum atomic E-state index is 12.3. The molecule has 2 aromatic rings. The number of carbonyl (C=O) groups excluding carboxylic acids is 1. The third-order valence-corrected chi connectivity index (χ3v) is 4.62. The minimum Gasteiger partial charge on any atom is -0.481 e. The number of nitriles is 1. The lowest BCUT2D eigenvalue weighted by Gasteiger charge is -2.30. The second-order valence-corrected chi connectivity index (χ2v) is 6.77. The molecule has 7 heteroatoms. The second-order valence-electron chi connectivity index (χ2n) is 6.77. The van der Waals surface area contributed by atoms with E-state index in [1.165, 1.54) is 6.92 Å². The number of ether oxygens (including phenoxy) is 2. The molecule has 0 aliphatic carbocycles. The Morgan fingerprint density at radius 2 is 1.79 bits per heavy atom. The molecule has 29 heavy (non-hydrogen) atoms. The van der Waals surface area contributed by atoms with E-state index < -0.39 is 17.5 Å². The highest BCUT2D eigenvalue weighted by Crippen LogP contribution is 2.35. The molecular weight excluding hydrogens is 372 g/mol. The van der Waals surface area contributed by atoms with Gasteiger partial charge in [0.25, 0.3) is 0 Å². The van der Waals surface area contributed by atoms with Crippen molar-refractivity contribution in [2.75, 3.05) is 18.5 Å². The number of esters is 1. The van der Waals surface area contributed by atoms with Gasteiger partial charge in [-0.15, -0.1) is 0 Å². The molecule has 2 rings (SSSR count). The Balaban J connectivity index is 2.46. The van der Waals surface area contributed by atoms with Gasteiger partial charge in [0, 0.05) is 11.3 Å². The Kier molecular flexibility index (Phi) is 6.84. The van der Waals surface area contributed by atoms with E-state index in [-0.39, 0.29) is 19.0 Å². The summed E-state index contributed by atoms with van der Waals surface area (Å²) in [5.41, 5.74) is 1.62. The van der Waals surface area contributed by atoms with Crippen LogP contribution in [0.5, 0.6) is 5.75 Å². The average molecular weight is 396 g/mol. The number of hydrogen-bond acceptors (Lipinski definition) is 6. The highest BCUT2D eigenvalue weighted by atomic mass is 16.6. The van der Waals surface area contributed by atoms with E-state index in [4.69, 9.17) is 14.7 Å². The number of carboxylic acids is 1. The van der Waals surface area contributed by atoms with E-state index >= 15 is 0 Å². The van der Waals surface area contributed by atoms with Gasteiger partial charge in [-0.3, -0.25) is 0 Å². The van der Waals surface area contributed by atoms with Crippen molar-refractivity contribution in [1.29, 1.82) is 5.26 Å². The summed E-state index contributed by atoms with van der Waals surface area (Å²) in [6.45, 7) is 6.88. The van der Waals surface area contributed by atoms with E-state index in [9.17, 15) is 14.7 Å². The van der Waals surface area contributed by atoms with Crippen molar-refractivity contribution in [2.24, 2.45) is 0 Å². The molecular formula is C22H24N2O5. The van der Waals surface area contributed by atoms with Crippen molar-refractivity contribution in [3.05, 3.63) is 58.7 Å². The van der Waals surface area contributed by atoms with Gasteiger partial charge in [0.2, 0.25) is 0 Å². The summed E-state index contributed by atoms with van der Waals surface area (Å²) in [4.78, 5) is 24.0. The smallest absolute Gasteiger partial charge is 0.344 e. The summed E-state index contributed by atoms with van der Waals surface area (Å²) in [6.07, 6.45) is 0. The van der Waals surface area contributed by atoms with E-state index in [0.717, 1.165) is 11.1 Å². The molecule has 2 N–H and O–H groups in total. The monoisotopic (exact) mass is 396 g/mol. The molecule has 0 fully saturated rings. The van der Waals surface area contributed by atoms with Crippen LogP contribution in [0.4, 0.5) is 5.69 Å². The van der Waals surface area contributed by atoms with E-state index in [1.54, 1.807) is 43.3 Å². The highest BCUT2D eigenvalue weighted by Gasteiger charge is 2.38. The lowest BCUT2D eigenvalue weighted by atomic mass is 9.88. The average Bonchev–Trinajstić information content (AvgIpc) is 2.69. The topological polar surface area (TPSA) is 109 Å². The molecule has 0 heterocycles. The zero-order valence-electron chi connectivity index (χ0n) is 16.9. The molecule has 1 atom stereocenters. The molecule has 0 radical (unpaired) electrons. The van der Waals surface area contributed by atoms with Crippen molar-refractivity contribution in [3.8, 4) is 11.8 Å². The number of carbonyl (C=O) groups is 2. The summed E-state index contributed by atoms with van der Waals surface area (Å²) < 4.78 is 10.5. The van der Waals surface area contributed by atoms with Crippen LogP contribution in [0.1, 0.15) is 36.1 Å². The number of anilines is 1. The van der Waals surface area contributed by atoms with Crippen LogP contribution in [0.2, 0.25) is 0 Å². The van der Waals surface area contributed by atoms with Gasteiger partial charge in [0.05, 0.1) is 18.2 Å². The quantitative estimate of drug-likeness (QED) is 0.657. The van der Waals surface area contributed by atoms with Crippen molar-refractivity contribution >= 4 is 17.6 Å². The first-order valence-electron chi connectivity index (χ1n) is 9.13. The molecule has 0 spiro atoms. The third-order valence-electron chi connectivity index (χ3n) is 4.62. The second kappa shape index (κ2) is 9.11. The van der Waals surface area contributed by atoms with Crippen LogP contribution < -0.4 is 10.1 Å². The van der Waals surface area contributed by atoms with Crippen LogP contribution in [0.15, 0.2) is 36.4 Å². The SMILES string of the molecule is CCOC(=O)COc1cc(C)c(C)cc1C(C)(Nc1ccc(C#N)cc1)C(=O)O. The Bertz CT molecular complexity index is 947. The van der Waals surface area contributed by atoms with Gasteiger partial charge in [-0.2, -0.15) is 5.26 Å². The lowest BCUT2D eigenvalue weighted by Crippen LogP contribution is -2.41. The molecule has 0 aliphatic heterocycles. The molecule has 0 amide bonds. The number of nitrogens with zero attached hydrogens (tertiary/aromatic N) is 1. The molecule has 1 unspecified atom stereocenters. The van der Waals surface area contributed by atoms with Gasteiger partial charge < -0.3 is 19.9 Å². The third kappa shape index (κ3) is 5.05. The zero-order valence-corrected chi connectivity index (χ0v) is 16.9. The van der Waals surface area contributed by atoms with Crippen LogP contribution in [-0.4, -0.2) is 30.3 Å². The van der Waals surface area contributed by atoms with E-state index in [2.05, 4.69) is 5.32 Å². The summed E-state index contributed by atoms with van der Waals surface area (Å²) in [7, 11) is 0. The maximum Gasteiger partial charge on any atom is 0.344 e. The van der Waals surface area contributed by atoms with Gasteiger partial charge in [-0.25, -0.2) is 9.59 Å². The number of carboxylic acid groups (broad SMARTS) is 1. The number of hydrogen-bond donors (Lipinski definition) is 2. The molecule has 2 aromatic carbocycles. The van der Waals surface area contributed by atoms with Crippen molar-refractivity contribution < 1.29 is 24.2 Å². The zero-order chi connectivity index (χ0) is 21.6. The molecule has 0 aliphatic rings. The largest absolute Gasteiger partial charge is 0.481 e. The minimum absolute atomic E-state index is 0.231. The summed E-state index contributed by atoms with van der Waals surface area (Å²) in [5.74, 6) is -1.37. The number of aliphatic carboxylic acids is 1. The normalized spacial score (nSPS) is 12.4. The van der Waals surface area contributed by atoms with Crippen LogP contribution in [0.25, 0.3) is 0 Å². The number of aryl methyl sites for hydroxylation is 2. The van der Waals surface area contributed by atoms with Gasteiger partial charge in [0.1, 0.15) is 5.75 Å². The first-order chi connectivity index (χ1) is 13.7. The number of rotatable bonds is 8. The Hall–Kier alpha value is -3.53. The van der Waals surface area contributed by atoms with Gasteiger partial charge in [-0.05, 0) is 75.2 Å². The number of nitrogens with one attached hydrogen (secondary N) is 1. The molecule has 0 bridgehead atoms. The fraction of sp³-hybridized carbons (Fsp3) is 0.318. The van der Waals surface area contributed by atoms with Crippen LogP contribution in [0.3, 0.4) is 0 Å². The molecule has 152 valence electrons. The predicted molar refractivity (Wildman–Crippen MR) is 108 cm³/mol. The summed E-state index contributed by atoms with van der Waals surface area (Å²) in [6, 6.07) is 12.0. The standard InChI is InChI=1S/C22H24N2O5/c1-5-28-20(25)13-29-19-11-15(3)14(2)10-18(19)22(4,21(26)27)24-17-8-6-16(12-23)7-9-17/h6-11,24H,5,13H2,1-4H3,(H,26,27). The summed E-state index contributed by atoms with van der Waals surface area (Å²) in [5, 5.41) is 22.0. The Morgan fingerprint density at radius 3 is 2.34 bits per heavy atom. The van der Waals surface area contributed by atoms with Crippen LogP contribution in [-0.2, 0) is 19.9 Å². The van der Waals surface area contributed by atoms with Crippen molar-refractivity contribution in [3.63, 3.8) is 0 Å². The first-order valence-corrected chi connectivity index (χ1v) is 9.13. The first kappa shape index (κ1) is 21.8. The Labute approximate surface area is 169 Å². The van der Waals surface area contributed by atoms with Crippen molar-refractivity contribution in [2.45, 2.75) is 33.2 Å². The minimum atomic E-state index is -1.55. The van der Waals surface area contributed by atoms with Gasteiger partial charge >= 0.3 is 11.9 Å². The predicted octanol–water partition coefficient (Wildman–Crippen LogP) is 3.53. The molecule has 7 nitrogen and oxygen atoms in total. The maximum absolute atomic E-state index is 12.3. The molecule has 0 saturated carbocycles. The van der Waals surface area contributed by atoms with E-state index in [0.29, 0.717) is 16.8 Å². The van der Waals surface area contributed by atoms with E-state index in [1.807, 2.05) is 19.9 Å². The molecule has 0 aromatic heterocycles. The fourth-order valence-electron chi connectivity index (χ4n) is 2.79. The fourth-order valence-corrected chi connectivity index (χ4v) is 2.79. The van der Waals surface area contributed by atoms with Gasteiger partial charge in [0.15, 0.2) is 12.1 Å². The van der Waals surface area contributed by atoms with Crippen LogP contribution >= 0.6 is 0 Å². The van der Waals surface area contributed by atoms with Crippen LogP contribution in [0, 0.1) is 25.2 Å². The lowest BCUT2D eigenvalue weighted by molar-refractivity contribution is -0.145.